The third kappa shape index (κ3) is 2.67. The summed E-state index contributed by atoms with van der Waals surface area (Å²) in [6.45, 7) is 2.12. The number of carbonyl (C=O) groups excluding carboxylic acids is 1. The second-order valence-corrected chi connectivity index (χ2v) is 5.77. The quantitative estimate of drug-likeness (QED) is 0.608. The van der Waals surface area contributed by atoms with Crippen molar-refractivity contribution in [3.05, 3.63) is 65.0 Å². The van der Waals surface area contributed by atoms with Crippen molar-refractivity contribution in [2.75, 3.05) is 0 Å². The number of hydrogen-bond acceptors (Lipinski definition) is 5. The average molecular weight is 337 g/mol. The topological polar surface area (TPSA) is 94.4 Å². The van der Waals surface area contributed by atoms with E-state index in [1.807, 2.05) is 19.1 Å². The Morgan fingerprint density at radius 1 is 1.32 bits per heavy atom. The van der Waals surface area contributed by atoms with Crippen molar-refractivity contribution in [3.63, 3.8) is 0 Å². The van der Waals surface area contributed by atoms with E-state index in [4.69, 9.17) is 4.42 Å². The molecule has 0 radical (unpaired) electrons. The molecule has 0 spiro atoms. The number of amides is 1. The van der Waals surface area contributed by atoms with E-state index in [2.05, 4.69) is 15.4 Å². The Bertz CT molecular complexity index is 1120. The number of nitrogens with one attached hydrogen (secondary N) is 1. The molecule has 1 atom stereocenters. The van der Waals surface area contributed by atoms with E-state index in [9.17, 15) is 9.59 Å². The lowest BCUT2D eigenvalue weighted by atomic mass is 10.2. The molecule has 1 N–H and O–H groups in total. The van der Waals surface area contributed by atoms with Gasteiger partial charge in [-0.25, -0.2) is 14.3 Å². The molecule has 0 aliphatic heterocycles. The summed E-state index contributed by atoms with van der Waals surface area (Å²) in [5, 5.41) is 6.97. The van der Waals surface area contributed by atoms with Gasteiger partial charge in [0.05, 0.1) is 11.7 Å². The monoisotopic (exact) mass is 337 g/mol. The zero-order valence-electron chi connectivity index (χ0n) is 13.4. The average Bonchev–Trinajstić information content (AvgIpc) is 3.16. The molecule has 0 aliphatic rings. The molecular weight excluding hydrogens is 322 g/mol. The normalized spacial score (nSPS) is 12.5. The van der Waals surface area contributed by atoms with Crippen LogP contribution in [0.4, 0.5) is 0 Å². The predicted octanol–water partition coefficient (Wildman–Crippen LogP) is 1.46. The number of para-hydroxylation sites is 2. The predicted molar refractivity (Wildman–Crippen MR) is 90.4 cm³/mol. The summed E-state index contributed by atoms with van der Waals surface area (Å²) < 4.78 is 8.25. The first-order chi connectivity index (χ1) is 12.1. The fourth-order valence-electron chi connectivity index (χ4n) is 2.80. The molecule has 1 aromatic carbocycles. The minimum atomic E-state index is -0.444. The lowest BCUT2D eigenvalue weighted by Gasteiger charge is -2.13. The van der Waals surface area contributed by atoms with Crippen molar-refractivity contribution < 1.29 is 9.21 Å². The smallest absolute Gasteiger partial charge is 0.408 e. The minimum Gasteiger partial charge on any atom is -0.408 e. The van der Waals surface area contributed by atoms with E-state index in [0.717, 1.165) is 0 Å². The maximum absolute atomic E-state index is 12.5. The van der Waals surface area contributed by atoms with Gasteiger partial charge in [-0.3, -0.25) is 9.36 Å². The molecule has 0 saturated carbocycles. The van der Waals surface area contributed by atoms with Crippen LogP contribution in [0.1, 0.15) is 17.3 Å². The van der Waals surface area contributed by atoms with E-state index in [-0.39, 0.29) is 11.9 Å². The maximum Gasteiger partial charge on any atom is 0.420 e. The van der Waals surface area contributed by atoms with Crippen LogP contribution in [0.25, 0.3) is 16.7 Å². The Morgan fingerprint density at radius 3 is 3.04 bits per heavy atom. The number of aromatic nitrogens is 4. The zero-order valence-corrected chi connectivity index (χ0v) is 13.4. The van der Waals surface area contributed by atoms with Gasteiger partial charge < -0.3 is 9.73 Å². The summed E-state index contributed by atoms with van der Waals surface area (Å²) in [5.41, 5.74) is 2.10. The lowest BCUT2D eigenvalue weighted by molar-refractivity contribution is 0.0938. The van der Waals surface area contributed by atoms with E-state index in [0.29, 0.717) is 28.9 Å². The van der Waals surface area contributed by atoms with Gasteiger partial charge in [-0.05, 0) is 25.1 Å². The highest BCUT2D eigenvalue weighted by Crippen LogP contribution is 2.12. The van der Waals surface area contributed by atoms with Crippen LogP contribution in [0, 0.1) is 0 Å². The van der Waals surface area contributed by atoms with E-state index >= 15 is 0 Å². The first-order valence-corrected chi connectivity index (χ1v) is 7.81. The van der Waals surface area contributed by atoms with Crippen LogP contribution in [0.3, 0.4) is 0 Å². The third-order valence-corrected chi connectivity index (χ3v) is 3.93. The molecule has 4 rings (SSSR count). The van der Waals surface area contributed by atoms with Crippen molar-refractivity contribution in [3.8, 4) is 0 Å². The van der Waals surface area contributed by atoms with Crippen LogP contribution in [0.5, 0.6) is 0 Å². The summed E-state index contributed by atoms with van der Waals surface area (Å²) in [5.74, 6) is -0.734. The molecule has 25 heavy (non-hydrogen) atoms. The minimum absolute atomic E-state index is 0.287. The Morgan fingerprint density at radius 2 is 2.16 bits per heavy atom. The van der Waals surface area contributed by atoms with Crippen molar-refractivity contribution >= 4 is 22.7 Å². The Balaban J connectivity index is 1.55. The highest BCUT2D eigenvalue weighted by Gasteiger charge is 2.17. The molecular formula is C17H15N5O3. The van der Waals surface area contributed by atoms with Gasteiger partial charge in [0.15, 0.2) is 11.2 Å². The number of oxazole rings is 1. The number of rotatable bonds is 4. The highest BCUT2D eigenvalue weighted by atomic mass is 16.4. The van der Waals surface area contributed by atoms with Crippen molar-refractivity contribution in [1.82, 2.24) is 24.5 Å². The second-order valence-electron chi connectivity index (χ2n) is 5.77. The molecule has 0 unspecified atom stereocenters. The van der Waals surface area contributed by atoms with E-state index < -0.39 is 5.76 Å². The van der Waals surface area contributed by atoms with Crippen LogP contribution in [-0.2, 0) is 6.54 Å². The SMILES string of the molecule is C[C@H](Cn1c(=O)oc2ccccc21)NC(=O)c1cnn2cccnc12. The van der Waals surface area contributed by atoms with Gasteiger partial charge in [0, 0.05) is 25.0 Å². The molecule has 126 valence electrons. The van der Waals surface area contributed by atoms with Crippen LogP contribution >= 0.6 is 0 Å². The number of carbonyl (C=O) groups is 1. The van der Waals surface area contributed by atoms with Crippen LogP contribution in [0.15, 0.2) is 58.1 Å². The first-order valence-electron chi connectivity index (χ1n) is 7.81. The van der Waals surface area contributed by atoms with Gasteiger partial charge in [0.2, 0.25) is 0 Å². The largest absolute Gasteiger partial charge is 0.420 e. The van der Waals surface area contributed by atoms with E-state index in [1.165, 1.54) is 15.3 Å². The molecule has 0 bridgehead atoms. The number of benzene rings is 1. The fourth-order valence-corrected chi connectivity index (χ4v) is 2.80. The van der Waals surface area contributed by atoms with Gasteiger partial charge in [-0.15, -0.1) is 0 Å². The highest BCUT2D eigenvalue weighted by molar-refractivity contribution is 5.99. The van der Waals surface area contributed by atoms with Gasteiger partial charge in [0.25, 0.3) is 5.91 Å². The number of nitrogens with zero attached hydrogens (tertiary/aromatic N) is 4. The third-order valence-electron chi connectivity index (χ3n) is 3.93. The lowest BCUT2D eigenvalue weighted by Crippen LogP contribution is -2.37. The van der Waals surface area contributed by atoms with Crippen molar-refractivity contribution in [2.45, 2.75) is 19.5 Å². The van der Waals surface area contributed by atoms with Crippen molar-refractivity contribution in [1.29, 1.82) is 0 Å². The van der Waals surface area contributed by atoms with Gasteiger partial charge in [0.1, 0.15) is 5.56 Å². The van der Waals surface area contributed by atoms with Crippen LogP contribution in [0.2, 0.25) is 0 Å². The summed E-state index contributed by atoms with van der Waals surface area (Å²) in [4.78, 5) is 28.7. The fraction of sp³-hybridized carbons (Fsp3) is 0.176. The van der Waals surface area contributed by atoms with Gasteiger partial charge >= 0.3 is 5.76 Å². The molecule has 3 heterocycles. The van der Waals surface area contributed by atoms with Crippen LogP contribution < -0.4 is 11.1 Å². The molecule has 0 saturated heterocycles. The maximum atomic E-state index is 12.5. The summed E-state index contributed by atoms with van der Waals surface area (Å²) in [7, 11) is 0. The molecule has 3 aromatic heterocycles. The van der Waals surface area contributed by atoms with E-state index in [1.54, 1.807) is 30.6 Å². The molecule has 0 aliphatic carbocycles. The first kappa shape index (κ1) is 15.1. The number of fused-ring (bicyclic) bond motifs is 2. The van der Waals surface area contributed by atoms with Gasteiger partial charge in [-0.1, -0.05) is 12.1 Å². The zero-order chi connectivity index (χ0) is 17.4. The summed E-state index contributed by atoms with van der Waals surface area (Å²) >= 11 is 0. The van der Waals surface area contributed by atoms with Gasteiger partial charge in [-0.2, -0.15) is 5.10 Å². The van der Waals surface area contributed by atoms with Crippen molar-refractivity contribution in [2.24, 2.45) is 0 Å². The molecule has 1 amide bonds. The molecule has 0 fully saturated rings. The summed E-state index contributed by atoms with van der Waals surface area (Å²) in [6.07, 6.45) is 4.80. The standard InChI is InChI=1S/C17H15N5O3/c1-11(10-21-13-5-2-3-6-14(13)25-17(21)24)20-16(23)12-9-19-22-8-4-7-18-15(12)22/h2-9,11H,10H2,1H3,(H,20,23)/t11-/m1/s1. The summed E-state index contributed by atoms with van der Waals surface area (Å²) in [6, 6.07) is 8.64. The Hall–Kier alpha value is -3.42. The molecule has 4 aromatic rings. The molecule has 8 heteroatoms. The Kier molecular flexibility index (Phi) is 3.57. The number of hydrogen-bond donors (Lipinski definition) is 1. The molecule has 8 nitrogen and oxygen atoms in total. The second kappa shape index (κ2) is 5.90. The Labute approximate surface area is 141 Å². The van der Waals surface area contributed by atoms with Crippen LogP contribution in [-0.4, -0.2) is 31.1 Å².